The van der Waals surface area contributed by atoms with E-state index in [0.717, 1.165) is 29.1 Å². The molecule has 1 heterocycles. The Labute approximate surface area is 145 Å². The van der Waals surface area contributed by atoms with Crippen LogP contribution < -0.4 is 5.32 Å². The summed E-state index contributed by atoms with van der Waals surface area (Å²) >= 11 is 12.1. The zero-order valence-electron chi connectivity index (χ0n) is 12.9. The summed E-state index contributed by atoms with van der Waals surface area (Å²) in [4.78, 5) is 16.5. The van der Waals surface area contributed by atoms with E-state index in [2.05, 4.69) is 10.3 Å². The Balaban J connectivity index is 2.00. The monoisotopic (exact) mass is 346 g/mol. The summed E-state index contributed by atoms with van der Waals surface area (Å²) in [6.45, 7) is 3.54. The van der Waals surface area contributed by atoms with Crippen LogP contribution in [-0.2, 0) is 0 Å². The average Bonchev–Trinajstić information content (AvgIpc) is 2.49. The van der Waals surface area contributed by atoms with E-state index in [1.165, 1.54) is 6.92 Å². The van der Waals surface area contributed by atoms with E-state index < -0.39 is 0 Å². The molecule has 0 saturated carbocycles. The zero-order valence-corrected chi connectivity index (χ0v) is 14.4. The van der Waals surface area contributed by atoms with Crippen molar-refractivity contribution in [1.29, 1.82) is 0 Å². The first-order chi connectivity index (χ1) is 10.9. The van der Waals surface area contributed by atoms with Gasteiger partial charge < -0.3 is 5.32 Å². The lowest BCUT2D eigenvalue weighted by atomic mass is 9.95. The zero-order chi connectivity index (χ0) is 16.6. The highest BCUT2D eigenvalue weighted by atomic mass is 35.5. The molecule has 1 aliphatic rings. The molecule has 2 aromatic carbocycles. The van der Waals surface area contributed by atoms with Crippen molar-refractivity contribution in [2.45, 2.75) is 26.3 Å². The maximum Gasteiger partial charge on any atom is 0.161 e. The Kier molecular flexibility index (Phi) is 4.42. The lowest BCUT2D eigenvalue weighted by Crippen LogP contribution is -2.18. The molecule has 1 aliphatic heterocycles. The van der Waals surface area contributed by atoms with Gasteiger partial charge in [-0.05, 0) is 50.2 Å². The fourth-order valence-corrected chi connectivity index (χ4v) is 3.17. The molecule has 0 fully saturated rings. The number of anilines is 1. The third-order valence-electron chi connectivity index (χ3n) is 3.87. The van der Waals surface area contributed by atoms with Crippen molar-refractivity contribution >= 4 is 46.1 Å². The Bertz CT molecular complexity index is 815. The number of ketones is 1. The maximum atomic E-state index is 11.9. The van der Waals surface area contributed by atoms with Gasteiger partial charge in [0.15, 0.2) is 5.78 Å². The minimum absolute atomic E-state index is 0.0143. The summed E-state index contributed by atoms with van der Waals surface area (Å²) in [5.74, 6) is -0.0254. The normalized spacial score (nSPS) is 16.5. The van der Waals surface area contributed by atoms with Gasteiger partial charge in [0.05, 0.1) is 11.7 Å². The first-order valence-electron chi connectivity index (χ1n) is 7.34. The molecule has 1 N–H and O–H groups in total. The van der Waals surface area contributed by atoms with Crippen molar-refractivity contribution in [2.75, 3.05) is 5.32 Å². The number of carbonyl (C=O) groups excluding carboxylic acids is 1. The van der Waals surface area contributed by atoms with Crippen LogP contribution in [0.3, 0.4) is 0 Å². The molecule has 0 spiro atoms. The summed E-state index contributed by atoms with van der Waals surface area (Å²) in [5, 5.41) is 4.67. The highest BCUT2D eigenvalue weighted by Crippen LogP contribution is 2.37. The molecule has 23 heavy (non-hydrogen) atoms. The van der Waals surface area contributed by atoms with Gasteiger partial charge in [0.1, 0.15) is 0 Å². The number of aliphatic imine (C=N–C) groups is 1. The number of nitrogens with zero attached hydrogens (tertiary/aromatic N) is 1. The van der Waals surface area contributed by atoms with Crippen molar-refractivity contribution in [3.8, 4) is 0 Å². The third-order valence-corrected chi connectivity index (χ3v) is 4.34. The Morgan fingerprint density at radius 2 is 1.87 bits per heavy atom. The van der Waals surface area contributed by atoms with Crippen molar-refractivity contribution < 1.29 is 4.79 Å². The number of halogens is 2. The fourth-order valence-electron chi connectivity index (χ4n) is 2.81. The third kappa shape index (κ3) is 3.41. The van der Waals surface area contributed by atoms with Crippen LogP contribution in [0.2, 0.25) is 10.0 Å². The molecule has 1 unspecified atom stereocenters. The molecule has 2 aromatic rings. The fraction of sp³-hybridized carbons (Fsp3) is 0.222. The largest absolute Gasteiger partial charge is 0.377 e. The van der Waals surface area contributed by atoms with Gasteiger partial charge in [-0.1, -0.05) is 23.2 Å². The molecule has 3 rings (SSSR count). The molecule has 118 valence electrons. The van der Waals surface area contributed by atoms with Crippen LogP contribution in [0.4, 0.5) is 11.4 Å². The number of hydrogen-bond donors (Lipinski definition) is 1. The molecule has 0 aliphatic carbocycles. The van der Waals surface area contributed by atoms with E-state index in [4.69, 9.17) is 23.2 Å². The summed E-state index contributed by atoms with van der Waals surface area (Å²) in [7, 11) is 0. The average molecular weight is 347 g/mol. The molecule has 1 atom stereocenters. The Hall–Kier alpha value is -1.84. The van der Waals surface area contributed by atoms with Crippen molar-refractivity contribution in [2.24, 2.45) is 4.99 Å². The van der Waals surface area contributed by atoms with Crippen molar-refractivity contribution in [3.05, 3.63) is 57.6 Å². The second-order valence-electron chi connectivity index (χ2n) is 5.70. The number of fused-ring (bicyclic) bond motifs is 1. The summed E-state index contributed by atoms with van der Waals surface area (Å²) in [6.07, 6.45) is 0.757. The van der Waals surface area contributed by atoms with Gasteiger partial charge in [0.25, 0.3) is 0 Å². The first-order valence-corrected chi connectivity index (χ1v) is 8.10. The minimum atomic E-state index is -0.0254. The molecular formula is C18H16Cl2N2O. The molecule has 0 bridgehead atoms. The predicted octanol–water partition coefficient (Wildman–Crippen LogP) is 5.85. The van der Waals surface area contributed by atoms with E-state index in [1.54, 1.807) is 12.1 Å². The highest BCUT2D eigenvalue weighted by molar-refractivity contribution is 6.31. The van der Waals surface area contributed by atoms with E-state index in [-0.39, 0.29) is 11.8 Å². The van der Waals surface area contributed by atoms with E-state index in [9.17, 15) is 4.79 Å². The number of hydrogen-bond acceptors (Lipinski definition) is 3. The van der Waals surface area contributed by atoms with Gasteiger partial charge in [0.2, 0.25) is 0 Å². The van der Waals surface area contributed by atoms with Gasteiger partial charge in [0, 0.05) is 39.0 Å². The highest BCUT2D eigenvalue weighted by Gasteiger charge is 2.22. The Morgan fingerprint density at radius 1 is 1.17 bits per heavy atom. The first kappa shape index (κ1) is 16.0. The SMILES string of the molecule is CC(=O)c1cc(Cl)ccc1NC1CC(C)=Nc2ccc(Cl)cc21. The topological polar surface area (TPSA) is 41.5 Å². The van der Waals surface area contributed by atoms with Crippen LogP contribution in [0.15, 0.2) is 41.4 Å². The summed E-state index contributed by atoms with van der Waals surface area (Å²) in [6, 6.07) is 11.0. The van der Waals surface area contributed by atoms with E-state index in [0.29, 0.717) is 15.6 Å². The number of Topliss-reactive ketones (excluding diaryl/α,β-unsaturated/α-hetero) is 1. The second kappa shape index (κ2) is 6.34. The molecule has 0 radical (unpaired) electrons. The molecule has 3 nitrogen and oxygen atoms in total. The number of benzene rings is 2. The lowest BCUT2D eigenvalue weighted by Gasteiger charge is -2.26. The second-order valence-corrected chi connectivity index (χ2v) is 6.57. The van der Waals surface area contributed by atoms with Gasteiger partial charge in [-0.2, -0.15) is 0 Å². The molecule has 5 heteroatoms. The van der Waals surface area contributed by atoms with Crippen LogP contribution in [0.25, 0.3) is 0 Å². The van der Waals surface area contributed by atoms with Crippen LogP contribution in [0.1, 0.15) is 42.2 Å². The molecule has 0 saturated heterocycles. The van der Waals surface area contributed by atoms with Crippen LogP contribution >= 0.6 is 23.2 Å². The minimum Gasteiger partial charge on any atom is -0.377 e. The summed E-state index contributed by atoms with van der Waals surface area (Å²) in [5.41, 5.74) is 4.34. The maximum absolute atomic E-state index is 11.9. The molecule has 0 amide bonds. The summed E-state index contributed by atoms with van der Waals surface area (Å²) < 4.78 is 0. The van der Waals surface area contributed by atoms with Crippen molar-refractivity contribution in [1.82, 2.24) is 0 Å². The van der Waals surface area contributed by atoms with Gasteiger partial charge in [-0.3, -0.25) is 9.79 Å². The predicted molar refractivity (Wildman–Crippen MR) is 96.7 cm³/mol. The van der Waals surface area contributed by atoms with Crippen LogP contribution in [0.5, 0.6) is 0 Å². The van der Waals surface area contributed by atoms with Gasteiger partial charge >= 0.3 is 0 Å². The van der Waals surface area contributed by atoms with E-state index in [1.807, 2.05) is 31.2 Å². The van der Waals surface area contributed by atoms with E-state index >= 15 is 0 Å². The quantitative estimate of drug-likeness (QED) is 0.708. The van der Waals surface area contributed by atoms with Crippen LogP contribution in [0, 0.1) is 0 Å². The number of carbonyl (C=O) groups is 1. The molecular weight excluding hydrogens is 331 g/mol. The van der Waals surface area contributed by atoms with Crippen molar-refractivity contribution in [3.63, 3.8) is 0 Å². The number of rotatable bonds is 3. The lowest BCUT2D eigenvalue weighted by molar-refractivity contribution is 0.101. The van der Waals surface area contributed by atoms with Gasteiger partial charge in [-0.15, -0.1) is 0 Å². The smallest absolute Gasteiger partial charge is 0.161 e. The van der Waals surface area contributed by atoms with Gasteiger partial charge in [-0.25, -0.2) is 0 Å². The number of nitrogens with one attached hydrogen (secondary N) is 1. The standard InChI is InChI=1S/C18H16Cl2N2O/c1-10-7-18(15-9-13(20)4-6-17(15)21-10)22-16-5-3-12(19)8-14(16)11(2)23/h3-6,8-9,18,22H,7H2,1-2H3. The molecule has 0 aromatic heterocycles. The Morgan fingerprint density at radius 3 is 2.61 bits per heavy atom. The van der Waals surface area contributed by atoms with Crippen LogP contribution in [-0.4, -0.2) is 11.5 Å².